The lowest BCUT2D eigenvalue weighted by molar-refractivity contribution is -0.121. The first-order valence-electron chi connectivity index (χ1n) is 8.01. The van der Waals surface area contributed by atoms with E-state index in [1.165, 1.54) is 10.9 Å². The molecule has 0 fully saturated rings. The predicted octanol–water partition coefficient (Wildman–Crippen LogP) is 1.51. The molecule has 8 nitrogen and oxygen atoms in total. The fraction of sp³-hybridized carbons (Fsp3) is 0.353. The van der Waals surface area contributed by atoms with Crippen LogP contribution in [0.4, 0.5) is 16.2 Å². The first kappa shape index (κ1) is 18.5. The highest BCUT2D eigenvalue weighted by atomic mass is 16.2. The number of urea groups is 1. The fourth-order valence-corrected chi connectivity index (χ4v) is 2.07. The maximum Gasteiger partial charge on any atom is 0.323 e. The lowest BCUT2D eigenvalue weighted by Crippen LogP contribution is -2.33. The van der Waals surface area contributed by atoms with Crippen LogP contribution < -0.4 is 16.0 Å². The van der Waals surface area contributed by atoms with Crippen molar-refractivity contribution in [2.45, 2.75) is 13.5 Å². The highest BCUT2D eigenvalue weighted by Gasteiger charge is 2.07. The summed E-state index contributed by atoms with van der Waals surface area (Å²) in [5, 5.41) is 12.3. The second kappa shape index (κ2) is 8.84. The minimum Gasteiger partial charge on any atom is -0.353 e. The number of carbonyl (C=O) groups is 2. The maximum absolute atomic E-state index is 12.0. The van der Waals surface area contributed by atoms with Gasteiger partial charge >= 0.3 is 6.03 Å². The second-order valence-electron chi connectivity index (χ2n) is 6.02. The quantitative estimate of drug-likeness (QED) is 0.710. The van der Waals surface area contributed by atoms with Crippen molar-refractivity contribution in [3.8, 4) is 0 Å². The van der Waals surface area contributed by atoms with Gasteiger partial charge in [0.25, 0.3) is 0 Å². The molecule has 1 heterocycles. The molecule has 8 heteroatoms. The van der Waals surface area contributed by atoms with Crippen molar-refractivity contribution in [3.63, 3.8) is 0 Å². The molecule has 0 bridgehead atoms. The van der Waals surface area contributed by atoms with Gasteiger partial charge in [-0.15, -0.1) is 0 Å². The van der Waals surface area contributed by atoms with Gasteiger partial charge in [0.1, 0.15) is 6.54 Å². The number of benzene rings is 1. The Morgan fingerprint density at radius 2 is 1.80 bits per heavy atom. The lowest BCUT2D eigenvalue weighted by atomic mass is 10.2. The van der Waals surface area contributed by atoms with E-state index in [1.807, 2.05) is 50.2 Å². The van der Waals surface area contributed by atoms with Gasteiger partial charge < -0.3 is 20.9 Å². The molecule has 0 aliphatic rings. The zero-order valence-electron chi connectivity index (χ0n) is 14.7. The number of nitrogens with one attached hydrogen (secondary N) is 3. The zero-order chi connectivity index (χ0) is 18.2. The third-order valence-electron chi connectivity index (χ3n) is 3.39. The molecule has 134 valence electrons. The summed E-state index contributed by atoms with van der Waals surface area (Å²) < 4.78 is 1.48. The topological polar surface area (TPSA) is 91.3 Å². The Bertz CT molecular complexity index is 708. The Labute approximate surface area is 147 Å². The molecule has 3 N–H and O–H groups in total. The van der Waals surface area contributed by atoms with Crippen molar-refractivity contribution in [1.82, 2.24) is 20.0 Å². The largest absolute Gasteiger partial charge is 0.353 e. The zero-order valence-corrected chi connectivity index (χ0v) is 14.7. The van der Waals surface area contributed by atoms with Crippen LogP contribution in [0, 0.1) is 6.92 Å². The number of nitrogens with zero attached hydrogens (tertiary/aromatic N) is 3. The number of aryl methyl sites for hydroxylation is 1. The molecule has 0 unspecified atom stereocenters. The van der Waals surface area contributed by atoms with E-state index in [1.54, 1.807) is 6.20 Å². The highest BCUT2D eigenvalue weighted by molar-refractivity contribution is 5.99. The third kappa shape index (κ3) is 6.64. The molecule has 0 radical (unpaired) electrons. The van der Waals surface area contributed by atoms with Crippen LogP contribution in [0.1, 0.15) is 5.56 Å². The average Bonchev–Trinajstić information content (AvgIpc) is 2.96. The minimum atomic E-state index is -0.362. The molecule has 0 atom stereocenters. The number of carbonyl (C=O) groups excluding carboxylic acids is 2. The normalized spacial score (nSPS) is 10.6. The Hall–Kier alpha value is -2.87. The SMILES string of the molecule is Cc1ccc(NC(=O)Nc2cnn(CC(=O)NCCN(C)C)c2)cc1. The van der Waals surface area contributed by atoms with E-state index in [0.29, 0.717) is 17.9 Å². The van der Waals surface area contributed by atoms with Gasteiger partial charge in [-0.2, -0.15) is 5.10 Å². The van der Waals surface area contributed by atoms with Gasteiger partial charge in [-0.05, 0) is 33.2 Å². The molecule has 0 spiro atoms. The number of likely N-dealkylation sites (N-methyl/N-ethyl adjacent to an activating group) is 1. The van der Waals surface area contributed by atoms with Crippen molar-refractivity contribution < 1.29 is 9.59 Å². The number of aromatic nitrogens is 2. The molecule has 2 rings (SSSR count). The Morgan fingerprint density at radius 3 is 2.48 bits per heavy atom. The molecular weight excluding hydrogens is 320 g/mol. The Balaban J connectivity index is 1.79. The Kier molecular flexibility index (Phi) is 6.53. The van der Waals surface area contributed by atoms with Crippen LogP contribution in [-0.4, -0.2) is 53.8 Å². The summed E-state index contributed by atoms with van der Waals surface area (Å²) in [6.45, 7) is 3.44. The van der Waals surface area contributed by atoms with Crippen molar-refractivity contribution in [2.75, 3.05) is 37.8 Å². The summed E-state index contributed by atoms with van der Waals surface area (Å²) >= 11 is 0. The van der Waals surface area contributed by atoms with Gasteiger partial charge in [-0.1, -0.05) is 17.7 Å². The lowest BCUT2D eigenvalue weighted by Gasteiger charge is -2.10. The molecule has 1 aromatic carbocycles. The van der Waals surface area contributed by atoms with Crippen LogP contribution in [-0.2, 0) is 11.3 Å². The smallest absolute Gasteiger partial charge is 0.323 e. The van der Waals surface area contributed by atoms with Crippen molar-refractivity contribution >= 4 is 23.3 Å². The van der Waals surface area contributed by atoms with Gasteiger partial charge in [-0.25, -0.2) is 4.79 Å². The summed E-state index contributed by atoms with van der Waals surface area (Å²) in [7, 11) is 3.89. The molecule has 0 saturated heterocycles. The van der Waals surface area contributed by atoms with Crippen LogP contribution in [0.25, 0.3) is 0 Å². The van der Waals surface area contributed by atoms with Crippen molar-refractivity contribution in [1.29, 1.82) is 0 Å². The first-order chi connectivity index (χ1) is 11.9. The number of rotatable bonds is 7. The fourth-order valence-electron chi connectivity index (χ4n) is 2.07. The minimum absolute atomic E-state index is 0.106. The van der Waals surface area contributed by atoms with Crippen LogP contribution in [0.2, 0.25) is 0 Å². The van der Waals surface area contributed by atoms with E-state index in [0.717, 1.165) is 12.1 Å². The summed E-state index contributed by atoms with van der Waals surface area (Å²) in [5.41, 5.74) is 2.34. The summed E-state index contributed by atoms with van der Waals surface area (Å²) in [6.07, 6.45) is 3.11. The number of anilines is 2. The van der Waals surface area contributed by atoms with Gasteiger partial charge in [0, 0.05) is 25.0 Å². The van der Waals surface area contributed by atoms with Gasteiger partial charge in [0.2, 0.25) is 5.91 Å². The highest BCUT2D eigenvalue weighted by Crippen LogP contribution is 2.10. The van der Waals surface area contributed by atoms with E-state index in [-0.39, 0.29) is 18.5 Å². The molecule has 2 aromatic rings. The van der Waals surface area contributed by atoms with E-state index >= 15 is 0 Å². The molecule has 0 aliphatic heterocycles. The van der Waals surface area contributed by atoms with Crippen molar-refractivity contribution in [2.24, 2.45) is 0 Å². The van der Waals surface area contributed by atoms with Crippen LogP contribution in [0.15, 0.2) is 36.7 Å². The van der Waals surface area contributed by atoms with E-state index in [9.17, 15) is 9.59 Å². The van der Waals surface area contributed by atoms with Crippen LogP contribution in [0.3, 0.4) is 0 Å². The molecule has 3 amide bonds. The number of hydrogen-bond donors (Lipinski definition) is 3. The van der Waals surface area contributed by atoms with Gasteiger partial charge in [0.05, 0.1) is 11.9 Å². The standard InChI is InChI=1S/C17H24N6O2/c1-13-4-6-14(7-5-13)20-17(25)21-15-10-19-23(11-15)12-16(24)18-8-9-22(2)3/h4-7,10-11H,8-9,12H2,1-3H3,(H,18,24)(H2,20,21,25). The van der Waals surface area contributed by atoms with E-state index in [2.05, 4.69) is 21.0 Å². The van der Waals surface area contributed by atoms with Crippen LogP contribution in [0.5, 0.6) is 0 Å². The third-order valence-corrected chi connectivity index (χ3v) is 3.39. The molecule has 25 heavy (non-hydrogen) atoms. The molecular formula is C17H24N6O2. The van der Waals surface area contributed by atoms with E-state index in [4.69, 9.17) is 0 Å². The number of hydrogen-bond acceptors (Lipinski definition) is 4. The summed E-state index contributed by atoms with van der Waals surface area (Å²) in [5.74, 6) is -0.124. The summed E-state index contributed by atoms with van der Waals surface area (Å²) in [6, 6.07) is 7.14. The van der Waals surface area contributed by atoms with Crippen LogP contribution >= 0.6 is 0 Å². The molecule has 1 aromatic heterocycles. The monoisotopic (exact) mass is 344 g/mol. The average molecular weight is 344 g/mol. The van der Waals surface area contributed by atoms with Gasteiger partial charge in [0.15, 0.2) is 0 Å². The Morgan fingerprint density at radius 1 is 1.12 bits per heavy atom. The predicted molar refractivity (Wildman–Crippen MR) is 97.6 cm³/mol. The van der Waals surface area contributed by atoms with Crippen molar-refractivity contribution in [3.05, 3.63) is 42.2 Å². The molecule has 0 saturated carbocycles. The maximum atomic E-state index is 12.0. The summed E-state index contributed by atoms with van der Waals surface area (Å²) in [4.78, 5) is 25.8. The van der Waals surface area contributed by atoms with Gasteiger partial charge in [-0.3, -0.25) is 9.48 Å². The number of amides is 3. The molecule has 0 aliphatic carbocycles. The van der Waals surface area contributed by atoms with E-state index < -0.39 is 0 Å². The first-order valence-corrected chi connectivity index (χ1v) is 8.01. The second-order valence-corrected chi connectivity index (χ2v) is 6.02.